The third-order valence-electron chi connectivity index (χ3n) is 1.96. The van der Waals surface area contributed by atoms with Gasteiger partial charge in [0.05, 0.1) is 6.61 Å². The van der Waals surface area contributed by atoms with Crippen molar-refractivity contribution < 1.29 is 19.4 Å². The van der Waals surface area contributed by atoms with E-state index in [0.717, 1.165) is 5.56 Å². The van der Waals surface area contributed by atoms with Crippen LogP contribution in [-0.4, -0.2) is 30.9 Å². The van der Waals surface area contributed by atoms with E-state index in [1.165, 1.54) is 7.11 Å². The Balaban J connectivity index is 2.74. The zero-order valence-corrected chi connectivity index (χ0v) is 8.77. The topological polar surface area (TPSA) is 55.8 Å². The van der Waals surface area contributed by atoms with Crippen molar-refractivity contribution >= 4 is 5.97 Å². The van der Waals surface area contributed by atoms with Crippen LogP contribution in [0.3, 0.4) is 0 Å². The summed E-state index contributed by atoms with van der Waals surface area (Å²) in [4.78, 5) is 10.8. The van der Waals surface area contributed by atoms with Crippen molar-refractivity contribution in [1.82, 2.24) is 0 Å². The van der Waals surface area contributed by atoms with Crippen LogP contribution in [0.4, 0.5) is 0 Å². The first-order chi connectivity index (χ1) is 7.15. The average Bonchev–Trinajstić information content (AvgIpc) is 2.20. The Labute approximate surface area is 88.4 Å². The molecule has 0 spiro atoms. The minimum atomic E-state index is -1.03. The van der Waals surface area contributed by atoms with E-state index in [0.29, 0.717) is 5.75 Å². The van der Waals surface area contributed by atoms with Gasteiger partial charge in [-0.2, -0.15) is 0 Å². The molecule has 0 aliphatic rings. The van der Waals surface area contributed by atoms with Gasteiger partial charge < -0.3 is 14.6 Å². The molecule has 0 aliphatic heterocycles. The number of benzene rings is 1. The zero-order valence-electron chi connectivity index (χ0n) is 8.77. The Morgan fingerprint density at radius 3 is 2.67 bits per heavy atom. The molecule has 0 bridgehead atoms. The number of hydrogen-bond acceptors (Lipinski definition) is 3. The Kier molecular flexibility index (Phi) is 4.12. The zero-order chi connectivity index (χ0) is 11.3. The van der Waals surface area contributed by atoms with Crippen LogP contribution >= 0.6 is 0 Å². The van der Waals surface area contributed by atoms with Gasteiger partial charge in [0, 0.05) is 7.11 Å². The minimum Gasteiger partial charge on any atom is -0.478 e. The first kappa shape index (κ1) is 11.5. The third kappa shape index (κ3) is 3.25. The normalized spacial score (nSPS) is 12.1. The van der Waals surface area contributed by atoms with Crippen LogP contribution < -0.4 is 4.74 Å². The smallest absolute Gasteiger partial charge is 0.347 e. The largest absolute Gasteiger partial charge is 0.478 e. The lowest BCUT2D eigenvalue weighted by molar-refractivity contribution is -0.147. The molecule has 0 heterocycles. The summed E-state index contributed by atoms with van der Waals surface area (Å²) in [6.07, 6.45) is -0.962. The highest BCUT2D eigenvalue weighted by Crippen LogP contribution is 2.17. The Morgan fingerprint density at radius 1 is 1.47 bits per heavy atom. The summed E-state index contributed by atoms with van der Waals surface area (Å²) in [5.41, 5.74) is 0.903. The van der Waals surface area contributed by atoms with E-state index in [2.05, 4.69) is 0 Å². The van der Waals surface area contributed by atoms with Gasteiger partial charge in [0.25, 0.3) is 0 Å². The maximum Gasteiger partial charge on any atom is 0.347 e. The molecule has 0 amide bonds. The maximum absolute atomic E-state index is 10.8. The number of ether oxygens (including phenoxy) is 2. The van der Waals surface area contributed by atoms with Gasteiger partial charge in [-0.1, -0.05) is 18.2 Å². The number of methoxy groups -OCH3 is 1. The van der Waals surface area contributed by atoms with Gasteiger partial charge >= 0.3 is 5.97 Å². The lowest BCUT2D eigenvalue weighted by Crippen LogP contribution is -2.31. The lowest BCUT2D eigenvalue weighted by atomic mass is 10.2. The highest BCUT2D eigenvalue weighted by atomic mass is 16.5. The molecular weight excluding hydrogens is 196 g/mol. The molecule has 1 rings (SSSR count). The highest BCUT2D eigenvalue weighted by molar-refractivity contribution is 5.73. The van der Waals surface area contributed by atoms with Crippen LogP contribution in [0.15, 0.2) is 24.3 Å². The summed E-state index contributed by atoms with van der Waals surface area (Å²) < 4.78 is 10.1. The molecule has 1 unspecified atom stereocenters. The molecule has 0 radical (unpaired) electrons. The molecule has 1 N–H and O–H groups in total. The summed E-state index contributed by atoms with van der Waals surface area (Å²) in [7, 11) is 1.44. The van der Waals surface area contributed by atoms with E-state index in [1.54, 1.807) is 12.1 Å². The molecule has 0 saturated carbocycles. The Bertz CT molecular complexity index is 335. The number of aryl methyl sites for hydroxylation is 1. The van der Waals surface area contributed by atoms with Gasteiger partial charge in [0.2, 0.25) is 6.10 Å². The molecule has 4 heteroatoms. The van der Waals surface area contributed by atoms with E-state index >= 15 is 0 Å². The molecular formula is C11H14O4. The minimum absolute atomic E-state index is 0.0314. The molecule has 1 aromatic carbocycles. The van der Waals surface area contributed by atoms with Crippen molar-refractivity contribution in [2.45, 2.75) is 13.0 Å². The number of carboxylic acids is 1. The predicted octanol–water partition coefficient (Wildman–Crippen LogP) is 1.47. The first-order valence-electron chi connectivity index (χ1n) is 4.59. The lowest BCUT2D eigenvalue weighted by Gasteiger charge is -2.15. The van der Waals surface area contributed by atoms with Gasteiger partial charge in [-0.25, -0.2) is 4.79 Å². The fourth-order valence-corrected chi connectivity index (χ4v) is 1.15. The van der Waals surface area contributed by atoms with Crippen molar-refractivity contribution in [2.75, 3.05) is 13.7 Å². The van der Waals surface area contributed by atoms with E-state index < -0.39 is 12.1 Å². The van der Waals surface area contributed by atoms with Crippen LogP contribution in [0.25, 0.3) is 0 Å². The van der Waals surface area contributed by atoms with E-state index in [1.807, 2.05) is 19.1 Å². The molecule has 0 aromatic heterocycles. The second kappa shape index (κ2) is 5.36. The van der Waals surface area contributed by atoms with Crippen molar-refractivity contribution in [3.63, 3.8) is 0 Å². The van der Waals surface area contributed by atoms with Gasteiger partial charge in [-0.15, -0.1) is 0 Å². The van der Waals surface area contributed by atoms with E-state index in [9.17, 15) is 4.79 Å². The van der Waals surface area contributed by atoms with Gasteiger partial charge in [-0.05, 0) is 18.6 Å². The summed E-state index contributed by atoms with van der Waals surface area (Å²) in [5.74, 6) is -0.456. The Hall–Kier alpha value is -1.55. The molecule has 0 aliphatic carbocycles. The Morgan fingerprint density at radius 2 is 2.13 bits per heavy atom. The molecule has 1 atom stereocenters. The van der Waals surface area contributed by atoms with Gasteiger partial charge in [0.1, 0.15) is 5.75 Å². The standard InChI is InChI=1S/C11H14O4/c1-8-5-3-4-6-9(8)15-10(7-14-2)11(12)13/h3-6,10H,7H2,1-2H3,(H,12,13). The van der Waals surface area contributed by atoms with Crippen molar-refractivity contribution in [3.05, 3.63) is 29.8 Å². The summed E-state index contributed by atoms with van der Waals surface area (Å²) in [6.45, 7) is 1.89. The SMILES string of the molecule is COCC(Oc1ccccc1C)C(=O)O. The van der Waals surface area contributed by atoms with Crippen LogP contribution in [0, 0.1) is 6.92 Å². The summed E-state index contributed by atoms with van der Waals surface area (Å²) >= 11 is 0. The van der Waals surface area contributed by atoms with Crippen LogP contribution in [0.1, 0.15) is 5.56 Å². The van der Waals surface area contributed by atoms with Gasteiger partial charge in [-0.3, -0.25) is 0 Å². The third-order valence-corrected chi connectivity index (χ3v) is 1.96. The van der Waals surface area contributed by atoms with Gasteiger partial charge in [0.15, 0.2) is 0 Å². The number of para-hydroxylation sites is 1. The van der Waals surface area contributed by atoms with Crippen LogP contribution in [0.5, 0.6) is 5.75 Å². The first-order valence-corrected chi connectivity index (χ1v) is 4.59. The second-order valence-electron chi connectivity index (χ2n) is 3.17. The number of carbonyl (C=O) groups is 1. The molecule has 0 fully saturated rings. The average molecular weight is 210 g/mol. The fourth-order valence-electron chi connectivity index (χ4n) is 1.15. The van der Waals surface area contributed by atoms with E-state index in [-0.39, 0.29) is 6.61 Å². The predicted molar refractivity (Wildman–Crippen MR) is 55.1 cm³/mol. The highest BCUT2D eigenvalue weighted by Gasteiger charge is 2.19. The van der Waals surface area contributed by atoms with Crippen molar-refractivity contribution in [3.8, 4) is 5.75 Å². The monoisotopic (exact) mass is 210 g/mol. The summed E-state index contributed by atoms with van der Waals surface area (Å²) in [5, 5.41) is 8.85. The quantitative estimate of drug-likeness (QED) is 0.799. The van der Waals surface area contributed by atoms with Crippen LogP contribution in [0.2, 0.25) is 0 Å². The van der Waals surface area contributed by atoms with Crippen molar-refractivity contribution in [2.24, 2.45) is 0 Å². The number of aliphatic carboxylic acids is 1. The molecule has 1 aromatic rings. The second-order valence-corrected chi connectivity index (χ2v) is 3.17. The fraction of sp³-hybridized carbons (Fsp3) is 0.364. The van der Waals surface area contributed by atoms with Crippen LogP contribution in [-0.2, 0) is 9.53 Å². The maximum atomic E-state index is 10.8. The molecule has 15 heavy (non-hydrogen) atoms. The number of hydrogen-bond donors (Lipinski definition) is 1. The number of carboxylic acid groups (broad SMARTS) is 1. The summed E-state index contributed by atoms with van der Waals surface area (Å²) in [6, 6.07) is 7.27. The van der Waals surface area contributed by atoms with E-state index in [4.69, 9.17) is 14.6 Å². The van der Waals surface area contributed by atoms with Crippen molar-refractivity contribution in [1.29, 1.82) is 0 Å². The molecule has 0 saturated heterocycles. The molecule has 4 nitrogen and oxygen atoms in total. The molecule has 82 valence electrons. The number of rotatable bonds is 5.